The van der Waals surface area contributed by atoms with E-state index in [4.69, 9.17) is 4.74 Å². The van der Waals surface area contributed by atoms with Crippen LogP contribution in [-0.4, -0.2) is 70.8 Å². The number of nitrogens with zero attached hydrogens (tertiary/aromatic N) is 3. The number of ether oxygens (including phenoxy) is 1. The monoisotopic (exact) mass is 373 g/mol. The largest absolute Gasteiger partial charge is 0.497 e. The number of anilines is 1. The topological polar surface area (TPSA) is 52.1 Å². The van der Waals surface area contributed by atoms with Crippen LogP contribution in [0.15, 0.2) is 29.3 Å². The van der Waals surface area contributed by atoms with Crippen molar-refractivity contribution in [3.05, 3.63) is 24.3 Å². The van der Waals surface area contributed by atoms with Gasteiger partial charge >= 0.3 is 0 Å². The minimum absolute atomic E-state index is 0.636. The molecule has 2 saturated heterocycles. The number of aliphatic imine (C=N–C) groups is 1. The minimum Gasteiger partial charge on any atom is -0.497 e. The lowest BCUT2D eigenvalue weighted by Gasteiger charge is -2.26. The summed E-state index contributed by atoms with van der Waals surface area (Å²) in [5.74, 6) is 2.48. The van der Waals surface area contributed by atoms with Gasteiger partial charge in [0, 0.05) is 51.5 Å². The summed E-state index contributed by atoms with van der Waals surface area (Å²) in [4.78, 5) is 9.37. The molecule has 1 atom stereocenters. The van der Waals surface area contributed by atoms with Crippen LogP contribution in [-0.2, 0) is 0 Å². The highest BCUT2D eigenvalue weighted by molar-refractivity contribution is 5.79. The van der Waals surface area contributed by atoms with E-state index in [2.05, 4.69) is 43.6 Å². The van der Waals surface area contributed by atoms with Gasteiger partial charge in [0.05, 0.1) is 7.11 Å². The fourth-order valence-electron chi connectivity index (χ4n) is 4.02. The maximum Gasteiger partial charge on any atom is 0.191 e. The summed E-state index contributed by atoms with van der Waals surface area (Å²) in [6.45, 7) is 7.69. The Kier molecular flexibility index (Phi) is 7.63. The number of guanidine groups is 1. The maximum atomic E-state index is 5.35. The molecular formula is C21H35N5O. The Balaban J connectivity index is 1.37. The molecule has 0 amide bonds. The molecule has 2 aliphatic rings. The minimum atomic E-state index is 0.636. The Morgan fingerprint density at radius 3 is 2.81 bits per heavy atom. The van der Waals surface area contributed by atoms with Crippen LogP contribution < -0.4 is 20.3 Å². The number of methoxy groups -OCH3 is 1. The molecule has 2 N–H and O–H groups in total. The summed E-state index contributed by atoms with van der Waals surface area (Å²) in [7, 11) is 3.58. The molecule has 3 rings (SSSR count). The Morgan fingerprint density at radius 2 is 2.04 bits per heavy atom. The molecular weight excluding hydrogens is 338 g/mol. The fraction of sp³-hybridized carbons (Fsp3) is 0.667. The van der Waals surface area contributed by atoms with Crippen molar-refractivity contribution in [1.82, 2.24) is 15.5 Å². The van der Waals surface area contributed by atoms with Crippen LogP contribution in [0.2, 0.25) is 0 Å². The van der Waals surface area contributed by atoms with Gasteiger partial charge in [0.1, 0.15) is 5.75 Å². The summed E-state index contributed by atoms with van der Waals surface area (Å²) >= 11 is 0. The average Bonchev–Trinajstić information content (AvgIpc) is 3.20. The smallest absolute Gasteiger partial charge is 0.191 e. The highest BCUT2D eigenvalue weighted by Gasteiger charge is 2.23. The summed E-state index contributed by atoms with van der Waals surface area (Å²) < 4.78 is 5.35. The number of likely N-dealkylation sites (tertiary alicyclic amines) is 1. The van der Waals surface area contributed by atoms with Crippen molar-refractivity contribution >= 4 is 11.6 Å². The van der Waals surface area contributed by atoms with Gasteiger partial charge in [0.15, 0.2) is 5.96 Å². The van der Waals surface area contributed by atoms with Crippen molar-refractivity contribution in [3.63, 3.8) is 0 Å². The molecule has 0 saturated carbocycles. The normalized spacial score (nSPS) is 21.3. The molecule has 150 valence electrons. The first kappa shape index (κ1) is 19.8. The van der Waals surface area contributed by atoms with Gasteiger partial charge in [0.2, 0.25) is 0 Å². The molecule has 0 aliphatic carbocycles. The molecule has 0 bridgehead atoms. The summed E-state index contributed by atoms with van der Waals surface area (Å²) in [5, 5.41) is 6.98. The Bertz CT molecular complexity index is 600. The summed E-state index contributed by atoms with van der Waals surface area (Å²) in [5.41, 5.74) is 1.25. The molecule has 1 aromatic rings. The first-order chi connectivity index (χ1) is 13.3. The summed E-state index contributed by atoms with van der Waals surface area (Å²) in [6.07, 6.45) is 5.28. The first-order valence-electron chi connectivity index (χ1n) is 10.3. The van der Waals surface area contributed by atoms with Gasteiger partial charge in [-0.2, -0.15) is 0 Å². The number of rotatable bonds is 7. The van der Waals surface area contributed by atoms with Crippen LogP contribution >= 0.6 is 0 Å². The molecule has 2 aliphatic heterocycles. The van der Waals surface area contributed by atoms with Gasteiger partial charge in [-0.1, -0.05) is 12.5 Å². The number of hydrogen-bond donors (Lipinski definition) is 2. The Hall–Kier alpha value is -1.95. The number of benzene rings is 1. The van der Waals surface area contributed by atoms with Gasteiger partial charge < -0.3 is 25.2 Å². The maximum absolute atomic E-state index is 5.35. The molecule has 1 aromatic carbocycles. The van der Waals surface area contributed by atoms with E-state index in [1.165, 1.54) is 44.5 Å². The summed E-state index contributed by atoms with van der Waals surface area (Å²) in [6, 6.07) is 8.35. The molecule has 6 nitrogen and oxygen atoms in total. The molecule has 2 heterocycles. The van der Waals surface area contributed by atoms with E-state index >= 15 is 0 Å². The lowest BCUT2D eigenvalue weighted by Crippen LogP contribution is -2.44. The third-order valence-corrected chi connectivity index (χ3v) is 5.66. The average molecular weight is 374 g/mol. The van der Waals surface area contributed by atoms with Crippen molar-refractivity contribution < 1.29 is 4.74 Å². The molecule has 2 fully saturated rings. The van der Waals surface area contributed by atoms with Crippen LogP contribution in [0.3, 0.4) is 0 Å². The van der Waals surface area contributed by atoms with E-state index in [1.54, 1.807) is 7.11 Å². The van der Waals surface area contributed by atoms with Gasteiger partial charge in [-0.25, -0.2) is 0 Å². The van der Waals surface area contributed by atoms with E-state index in [9.17, 15) is 0 Å². The van der Waals surface area contributed by atoms with E-state index in [1.807, 2.05) is 13.1 Å². The van der Waals surface area contributed by atoms with Crippen LogP contribution in [0.4, 0.5) is 5.69 Å². The van der Waals surface area contributed by atoms with Crippen molar-refractivity contribution in [2.75, 3.05) is 64.9 Å². The van der Waals surface area contributed by atoms with Crippen LogP contribution in [0, 0.1) is 5.92 Å². The number of piperidine rings is 1. The molecule has 27 heavy (non-hydrogen) atoms. The van der Waals surface area contributed by atoms with Crippen molar-refractivity contribution in [1.29, 1.82) is 0 Å². The van der Waals surface area contributed by atoms with Crippen LogP contribution in [0.1, 0.15) is 25.7 Å². The van der Waals surface area contributed by atoms with E-state index < -0.39 is 0 Å². The quantitative estimate of drug-likeness (QED) is 0.567. The number of hydrogen-bond acceptors (Lipinski definition) is 4. The Labute approximate surface area is 164 Å². The fourth-order valence-corrected chi connectivity index (χ4v) is 4.02. The second-order valence-electron chi connectivity index (χ2n) is 7.58. The molecule has 0 radical (unpaired) electrons. The Morgan fingerprint density at radius 1 is 1.19 bits per heavy atom. The predicted molar refractivity (Wildman–Crippen MR) is 113 cm³/mol. The van der Waals surface area contributed by atoms with Crippen molar-refractivity contribution in [2.45, 2.75) is 25.7 Å². The van der Waals surface area contributed by atoms with Gasteiger partial charge in [-0.15, -0.1) is 0 Å². The van der Waals surface area contributed by atoms with E-state index in [0.717, 1.165) is 44.4 Å². The zero-order valence-corrected chi connectivity index (χ0v) is 16.9. The molecule has 0 aromatic heterocycles. The predicted octanol–water partition coefficient (Wildman–Crippen LogP) is 2.17. The van der Waals surface area contributed by atoms with E-state index in [0.29, 0.717) is 5.92 Å². The molecule has 6 heteroatoms. The second kappa shape index (κ2) is 10.4. The van der Waals surface area contributed by atoms with Gasteiger partial charge in [-0.05, 0) is 50.4 Å². The number of nitrogens with one attached hydrogen (secondary N) is 2. The third-order valence-electron chi connectivity index (χ3n) is 5.66. The highest BCUT2D eigenvalue weighted by atomic mass is 16.5. The third kappa shape index (κ3) is 6.03. The second-order valence-corrected chi connectivity index (χ2v) is 7.58. The van der Waals surface area contributed by atoms with Crippen LogP contribution in [0.25, 0.3) is 0 Å². The first-order valence-corrected chi connectivity index (χ1v) is 10.3. The highest BCUT2D eigenvalue weighted by Crippen LogP contribution is 2.26. The van der Waals surface area contributed by atoms with E-state index in [-0.39, 0.29) is 0 Å². The molecule has 1 unspecified atom stereocenters. The van der Waals surface area contributed by atoms with Crippen LogP contribution in [0.5, 0.6) is 5.75 Å². The van der Waals surface area contributed by atoms with Gasteiger partial charge in [-0.3, -0.25) is 4.99 Å². The lowest BCUT2D eigenvalue weighted by molar-refractivity contribution is 0.232. The molecule has 0 spiro atoms. The lowest BCUT2D eigenvalue weighted by atomic mass is 10.1. The van der Waals surface area contributed by atoms with Crippen molar-refractivity contribution in [2.24, 2.45) is 10.9 Å². The van der Waals surface area contributed by atoms with Gasteiger partial charge in [0.25, 0.3) is 0 Å². The standard InChI is InChI=1S/C21H35N5O/c1-22-21(23-10-14-25-11-4-3-5-12-25)24-16-18-9-13-26(17-18)19-7-6-8-20(15-19)27-2/h6-8,15,18H,3-5,9-14,16-17H2,1-2H3,(H2,22,23,24). The van der Waals surface area contributed by atoms with Crippen molar-refractivity contribution in [3.8, 4) is 5.75 Å². The zero-order chi connectivity index (χ0) is 18.9. The zero-order valence-electron chi connectivity index (χ0n) is 16.9. The SMILES string of the molecule is CN=C(NCCN1CCCCC1)NCC1CCN(c2cccc(OC)c2)C1.